The van der Waals surface area contributed by atoms with Crippen LogP contribution >= 0.6 is 11.6 Å². The minimum absolute atomic E-state index is 0.00172. The number of benzene rings is 1. The Labute approximate surface area is 211 Å². The van der Waals surface area contributed by atoms with Gasteiger partial charge in [0.1, 0.15) is 11.6 Å². The number of alkyl halides is 2. The number of urea groups is 1. The highest BCUT2D eigenvalue weighted by atomic mass is 35.5. The number of amides is 2. The van der Waals surface area contributed by atoms with Gasteiger partial charge in [-0.15, -0.1) is 0 Å². The molecule has 2 bridgehead atoms. The number of fused-ring (bicyclic) bond motifs is 3. The summed E-state index contributed by atoms with van der Waals surface area (Å²) in [4.78, 5) is 28.2. The molecule has 0 saturated carbocycles. The van der Waals surface area contributed by atoms with Gasteiger partial charge in [-0.3, -0.25) is 4.90 Å². The molecule has 3 fully saturated rings. The van der Waals surface area contributed by atoms with Crippen LogP contribution in [-0.2, 0) is 17.8 Å². The van der Waals surface area contributed by atoms with Crippen LogP contribution in [0, 0.1) is 5.82 Å². The van der Waals surface area contributed by atoms with E-state index in [4.69, 9.17) is 16.3 Å². The van der Waals surface area contributed by atoms with Gasteiger partial charge >= 0.3 is 6.03 Å². The van der Waals surface area contributed by atoms with E-state index in [0.29, 0.717) is 42.2 Å². The van der Waals surface area contributed by atoms with E-state index in [0.717, 1.165) is 32.2 Å². The van der Waals surface area contributed by atoms with Crippen molar-refractivity contribution in [3.63, 3.8) is 0 Å². The summed E-state index contributed by atoms with van der Waals surface area (Å²) in [6.45, 7) is 5.33. The van der Waals surface area contributed by atoms with E-state index in [1.54, 1.807) is 11.8 Å². The Morgan fingerprint density at radius 2 is 1.92 bits per heavy atom. The van der Waals surface area contributed by atoms with Gasteiger partial charge < -0.3 is 19.9 Å². The fraction of sp³-hybridized carbons (Fsp3) is 0.542. The summed E-state index contributed by atoms with van der Waals surface area (Å²) in [6, 6.07) is 4.23. The largest absolute Gasteiger partial charge is 0.378 e. The van der Waals surface area contributed by atoms with E-state index in [9.17, 15) is 18.0 Å². The van der Waals surface area contributed by atoms with Crippen molar-refractivity contribution in [2.75, 3.05) is 31.6 Å². The fourth-order valence-corrected chi connectivity index (χ4v) is 6.00. The molecule has 1 N–H and O–H groups in total. The number of nitrogens with zero attached hydrogens (tertiary/aromatic N) is 5. The van der Waals surface area contributed by atoms with Gasteiger partial charge in [0.15, 0.2) is 0 Å². The second kappa shape index (κ2) is 9.04. The Bertz CT molecular complexity index is 1200. The Balaban J connectivity index is 1.17. The number of hydrogen-bond acceptors (Lipinski definition) is 6. The normalized spacial score (nSPS) is 24.4. The molecule has 12 heteroatoms. The molecule has 4 aliphatic heterocycles. The highest BCUT2D eigenvalue weighted by molar-refractivity contribution is 6.28. The second-order valence-corrected chi connectivity index (χ2v) is 10.2. The number of hydrogen-bond donors (Lipinski definition) is 1. The molecule has 4 aliphatic rings. The van der Waals surface area contributed by atoms with Crippen molar-refractivity contribution in [3.05, 3.63) is 51.7 Å². The first-order chi connectivity index (χ1) is 17.3. The minimum Gasteiger partial charge on any atom is -0.378 e. The number of rotatable bonds is 5. The van der Waals surface area contributed by atoms with Crippen molar-refractivity contribution in [2.45, 2.75) is 57.0 Å². The molecule has 3 saturated heterocycles. The third-order valence-corrected chi connectivity index (χ3v) is 7.93. The van der Waals surface area contributed by atoms with Crippen LogP contribution in [0.4, 0.5) is 23.8 Å². The number of halogens is 4. The van der Waals surface area contributed by atoms with Gasteiger partial charge in [-0.1, -0.05) is 18.2 Å². The predicted octanol–water partition coefficient (Wildman–Crippen LogP) is 3.97. The number of nitrogens with one attached hydrogen (secondary N) is 1. The highest BCUT2D eigenvalue weighted by Crippen LogP contribution is 2.37. The molecular weight excluding hydrogens is 497 g/mol. The zero-order valence-corrected chi connectivity index (χ0v) is 20.4. The minimum atomic E-state index is -2.91. The molecular formula is C24H26ClF3N6O2. The van der Waals surface area contributed by atoms with Crippen molar-refractivity contribution in [1.82, 2.24) is 24.7 Å². The lowest BCUT2D eigenvalue weighted by Gasteiger charge is -2.42. The molecule has 5 heterocycles. The van der Waals surface area contributed by atoms with Crippen molar-refractivity contribution in [2.24, 2.45) is 0 Å². The Kier molecular flexibility index (Phi) is 5.96. The lowest BCUT2D eigenvalue weighted by Crippen LogP contribution is -2.58. The van der Waals surface area contributed by atoms with Gasteiger partial charge in [0.05, 0.1) is 49.6 Å². The van der Waals surface area contributed by atoms with Crippen LogP contribution in [0.25, 0.3) is 0 Å². The molecule has 2 aromatic rings. The molecule has 8 nitrogen and oxygen atoms in total. The first-order valence-electron chi connectivity index (χ1n) is 12.1. The lowest BCUT2D eigenvalue weighted by atomic mass is 10.0. The zero-order chi connectivity index (χ0) is 25.1. The third kappa shape index (κ3) is 3.97. The Morgan fingerprint density at radius 1 is 1.14 bits per heavy atom. The van der Waals surface area contributed by atoms with Gasteiger partial charge in [-0.05, 0) is 24.9 Å². The molecule has 0 spiro atoms. The SMILES string of the molecule is C[C@@H](Nc1nc(Cl)nc2c1CN(C(=O)N1CC3CC1CN3C1COC1)C2)c1cccc(C(F)F)c1F. The van der Waals surface area contributed by atoms with Gasteiger partial charge in [-0.2, -0.15) is 0 Å². The van der Waals surface area contributed by atoms with Crippen LogP contribution in [0.5, 0.6) is 0 Å². The molecule has 0 aliphatic carbocycles. The summed E-state index contributed by atoms with van der Waals surface area (Å²) < 4.78 is 46.4. The maximum atomic E-state index is 14.7. The van der Waals surface area contributed by atoms with Crippen molar-refractivity contribution in [3.8, 4) is 0 Å². The molecule has 6 rings (SSSR count). The summed E-state index contributed by atoms with van der Waals surface area (Å²) >= 11 is 6.16. The molecule has 1 aromatic heterocycles. The van der Waals surface area contributed by atoms with Crippen molar-refractivity contribution in [1.29, 1.82) is 0 Å². The van der Waals surface area contributed by atoms with Gasteiger partial charge in [-0.25, -0.2) is 27.9 Å². The van der Waals surface area contributed by atoms with E-state index in [1.165, 1.54) is 12.1 Å². The lowest BCUT2D eigenvalue weighted by molar-refractivity contribution is -0.0780. The van der Waals surface area contributed by atoms with Gasteiger partial charge in [0, 0.05) is 36.3 Å². The maximum absolute atomic E-state index is 14.7. The highest BCUT2D eigenvalue weighted by Gasteiger charge is 2.49. The molecule has 0 radical (unpaired) electrons. The first kappa shape index (κ1) is 23.7. The zero-order valence-electron chi connectivity index (χ0n) is 19.6. The average molecular weight is 523 g/mol. The van der Waals surface area contributed by atoms with Crippen LogP contribution in [0.1, 0.15) is 48.2 Å². The predicted molar refractivity (Wildman–Crippen MR) is 125 cm³/mol. The summed E-state index contributed by atoms with van der Waals surface area (Å²) in [6.07, 6.45) is -1.94. The van der Waals surface area contributed by atoms with Crippen molar-refractivity contribution < 1.29 is 22.7 Å². The number of likely N-dealkylation sites (tertiary alicyclic amines) is 2. The number of carbonyl (C=O) groups excluding carboxylic acids is 1. The average Bonchev–Trinajstić information content (AvgIpc) is 3.51. The van der Waals surface area contributed by atoms with Crippen molar-refractivity contribution >= 4 is 23.4 Å². The summed E-state index contributed by atoms with van der Waals surface area (Å²) in [5.74, 6) is -0.582. The summed E-state index contributed by atoms with van der Waals surface area (Å²) in [5, 5.41) is 3.10. The number of ether oxygens (including phenoxy) is 1. The molecule has 2 amide bonds. The van der Waals surface area contributed by atoms with Gasteiger partial charge in [0.2, 0.25) is 5.28 Å². The van der Waals surface area contributed by atoms with E-state index >= 15 is 0 Å². The number of anilines is 1. The fourth-order valence-electron chi connectivity index (χ4n) is 5.81. The monoisotopic (exact) mass is 522 g/mol. The topological polar surface area (TPSA) is 73.8 Å². The Hall–Kier alpha value is -2.63. The number of piperazine rings is 1. The molecule has 192 valence electrons. The van der Waals surface area contributed by atoms with Crippen LogP contribution in [0.3, 0.4) is 0 Å². The van der Waals surface area contributed by atoms with E-state index in [1.807, 2.05) is 4.90 Å². The molecule has 1 aromatic carbocycles. The van der Waals surface area contributed by atoms with E-state index < -0.39 is 23.8 Å². The standard InChI is InChI=1S/C24H26ClF3N6O2/c1-12(16-3-2-4-17(20(16)26)21(27)28)29-22-18-8-32(9-19(18)30-23(25)31-22)24(35)34-7-13-5-14(34)6-33(13)15-10-36-11-15/h2-4,12-15,21H,5-11H2,1H3,(H,29,30,31)/t12-,13?,14?/m1/s1. The van der Waals surface area contributed by atoms with E-state index in [-0.39, 0.29) is 29.5 Å². The van der Waals surface area contributed by atoms with Crippen LogP contribution in [0.15, 0.2) is 18.2 Å². The summed E-state index contributed by atoms with van der Waals surface area (Å²) in [7, 11) is 0. The quantitative estimate of drug-likeness (QED) is 0.599. The van der Waals surface area contributed by atoms with E-state index in [2.05, 4.69) is 20.2 Å². The second-order valence-electron chi connectivity index (χ2n) is 9.91. The third-order valence-electron chi connectivity index (χ3n) is 7.76. The smallest absolute Gasteiger partial charge is 0.321 e. The van der Waals surface area contributed by atoms with Crippen LogP contribution in [-0.4, -0.2) is 75.1 Å². The van der Waals surface area contributed by atoms with Crippen LogP contribution in [0.2, 0.25) is 5.28 Å². The maximum Gasteiger partial charge on any atom is 0.321 e. The first-order valence-corrected chi connectivity index (χ1v) is 12.4. The van der Waals surface area contributed by atoms with Gasteiger partial charge in [0.25, 0.3) is 6.43 Å². The number of carbonyl (C=O) groups is 1. The molecule has 2 unspecified atom stereocenters. The summed E-state index contributed by atoms with van der Waals surface area (Å²) in [5.41, 5.74) is 0.768. The number of aromatic nitrogens is 2. The van der Waals surface area contributed by atoms with Crippen LogP contribution < -0.4 is 5.32 Å². The Morgan fingerprint density at radius 3 is 2.58 bits per heavy atom. The molecule has 3 atom stereocenters. The molecule has 36 heavy (non-hydrogen) atoms.